The van der Waals surface area contributed by atoms with Gasteiger partial charge in [0, 0.05) is 38.9 Å². The van der Waals surface area contributed by atoms with Crippen LogP contribution < -0.4 is 0 Å². The van der Waals surface area contributed by atoms with E-state index < -0.39 is 5.97 Å². The average molecular weight is 333 g/mol. The monoisotopic (exact) mass is 333 g/mol. The number of unbranched alkanes of at least 4 members (excludes halogenated alkanes) is 1. The zero-order valence-corrected chi connectivity index (χ0v) is 14.7. The van der Waals surface area contributed by atoms with Gasteiger partial charge in [-0.25, -0.2) is 9.97 Å². The SMILES string of the molecule is CC(CCCCN(Cc1nccn1C)Cc1nccn1C)C(=O)O. The second-order valence-electron chi connectivity index (χ2n) is 6.35. The lowest BCUT2D eigenvalue weighted by Crippen LogP contribution is -2.27. The highest BCUT2D eigenvalue weighted by molar-refractivity contribution is 5.69. The minimum absolute atomic E-state index is 0.275. The molecule has 0 aliphatic rings. The highest BCUT2D eigenvalue weighted by Gasteiger charge is 2.14. The molecule has 0 radical (unpaired) electrons. The molecule has 0 saturated heterocycles. The van der Waals surface area contributed by atoms with Crippen molar-refractivity contribution >= 4 is 5.97 Å². The Balaban J connectivity index is 1.91. The second kappa shape index (κ2) is 8.63. The van der Waals surface area contributed by atoms with Crippen molar-refractivity contribution in [2.75, 3.05) is 6.54 Å². The molecular weight excluding hydrogens is 306 g/mol. The van der Waals surface area contributed by atoms with Gasteiger partial charge in [-0.05, 0) is 19.4 Å². The quantitative estimate of drug-likeness (QED) is 0.674. The molecule has 0 aliphatic carbocycles. The number of carboxylic acids is 1. The normalized spacial score (nSPS) is 12.7. The van der Waals surface area contributed by atoms with E-state index in [-0.39, 0.29) is 5.92 Å². The molecule has 0 bridgehead atoms. The first-order chi connectivity index (χ1) is 11.5. The third-order valence-corrected chi connectivity index (χ3v) is 4.36. The summed E-state index contributed by atoms with van der Waals surface area (Å²) in [7, 11) is 3.99. The van der Waals surface area contributed by atoms with Crippen LogP contribution in [-0.4, -0.2) is 41.6 Å². The van der Waals surface area contributed by atoms with E-state index in [1.165, 1.54) is 0 Å². The molecule has 0 fully saturated rings. The molecule has 0 amide bonds. The van der Waals surface area contributed by atoms with Crippen LogP contribution in [-0.2, 0) is 32.0 Å². The molecule has 0 aromatic carbocycles. The van der Waals surface area contributed by atoms with E-state index in [2.05, 4.69) is 14.9 Å². The third-order valence-electron chi connectivity index (χ3n) is 4.36. The summed E-state index contributed by atoms with van der Waals surface area (Å²) in [6.45, 7) is 4.17. The Morgan fingerprint density at radius 1 is 1.12 bits per heavy atom. The lowest BCUT2D eigenvalue weighted by molar-refractivity contribution is -0.141. The number of aryl methyl sites for hydroxylation is 2. The molecule has 0 saturated carbocycles. The zero-order chi connectivity index (χ0) is 17.5. The van der Waals surface area contributed by atoms with Gasteiger partial charge >= 0.3 is 5.97 Å². The summed E-state index contributed by atoms with van der Waals surface area (Å²) in [6.07, 6.45) is 10.1. The fourth-order valence-corrected chi connectivity index (χ4v) is 2.62. The van der Waals surface area contributed by atoms with Gasteiger partial charge in [-0.1, -0.05) is 13.3 Å². The predicted molar refractivity (Wildman–Crippen MR) is 91.2 cm³/mol. The number of rotatable bonds is 10. The van der Waals surface area contributed by atoms with E-state index in [1.807, 2.05) is 48.0 Å². The van der Waals surface area contributed by atoms with E-state index in [0.29, 0.717) is 6.42 Å². The average Bonchev–Trinajstić information content (AvgIpc) is 3.12. The molecule has 7 heteroatoms. The predicted octanol–water partition coefficient (Wildman–Crippen LogP) is 2.05. The first-order valence-corrected chi connectivity index (χ1v) is 8.35. The molecule has 24 heavy (non-hydrogen) atoms. The number of hydrogen-bond donors (Lipinski definition) is 1. The summed E-state index contributed by atoms with van der Waals surface area (Å²) >= 11 is 0. The number of aromatic nitrogens is 4. The Hall–Kier alpha value is -2.15. The summed E-state index contributed by atoms with van der Waals surface area (Å²) in [4.78, 5) is 22.0. The Kier molecular flexibility index (Phi) is 6.54. The Labute approximate surface area is 142 Å². The largest absolute Gasteiger partial charge is 0.481 e. The van der Waals surface area contributed by atoms with E-state index >= 15 is 0 Å². The molecule has 7 nitrogen and oxygen atoms in total. The Morgan fingerprint density at radius 3 is 2.08 bits per heavy atom. The fraction of sp³-hybridized carbons (Fsp3) is 0.588. The van der Waals surface area contributed by atoms with Crippen molar-refractivity contribution in [3.8, 4) is 0 Å². The molecule has 0 aliphatic heterocycles. The summed E-state index contributed by atoms with van der Waals surface area (Å²) < 4.78 is 4.05. The van der Waals surface area contributed by atoms with Gasteiger partial charge in [0.05, 0.1) is 19.0 Å². The maximum absolute atomic E-state index is 10.9. The van der Waals surface area contributed by atoms with Crippen molar-refractivity contribution in [2.45, 2.75) is 39.3 Å². The van der Waals surface area contributed by atoms with Crippen LogP contribution >= 0.6 is 0 Å². The molecule has 1 N–H and O–H groups in total. The van der Waals surface area contributed by atoms with Crippen molar-refractivity contribution in [1.82, 2.24) is 24.0 Å². The molecule has 2 aromatic rings. The molecule has 2 rings (SSSR count). The Morgan fingerprint density at radius 2 is 1.67 bits per heavy atom. The fourth-order valence-electron chi connectivity index (χ4n) is 2.62. The number of carboxylic acid groups (broad SMARTS) is 1. The number of imidazole rings is 2. The lowest BCUT2D eigenvalue weighted by atomic mass is 10.0. The number of aliphatic carboxylic acids is 1. The van der Waals surface area contributed by atoms with Crippen molar-refractivity contribution < 1.29 is 9.90 Å². The number of hydrogen-bond acceptors (Lipinski definition) is 4. The zero-order valence-electron chi connectivity index (χ0n) is 14.7. The minimum atomic E-state index is -0.715. The van der Waals surface area contributed by atoms with Gasteiger partial charge in [0.2, 0.25) is 0 Å². The van der Waals surface area contributed by atoms with Gasteiger partial charge in [-0.3, -0.25) is 9.69 Å². The highest BCUT2D eigenvalue weighted by Crippen LogP contribution is 2.12. The van der Waals surface area contributed by atoms with E-state index in [0.717, 1.165) is 44.1 Å². The van der Waals surface area contributed by atoms with Crippen LogP contribution in [0.25, 0.3) is 0 Å². The third kappa shape index (κ3) is 5.19. The van der Waals surface area contributed by atoms with Gasteiger partial charge in [0.1, 0.15) is 11.6 Å². The topological polar surface area (TPSA) is 76.2 Å². The highest BCUT2D eigenvalue weighted by atomic mass is 16.4. The van der Waals surface area contributed by atoms with Crippen molar-refractivity contribution in [2.24, 2.45) is 20.0 Å². The molecule has 2 aromatic heterocycles. The van der Waals surface area contributed by atoms with Crippen LogP contribution in [0.5, 0.6) is 0 Å². The van der Waals surface area contributed by atoms with Gasteiger partial charge in [0.15, 0.2) is 0 Å². The van der Waals surface area contributed by atoms with Crippen LogP contribution in [0.15, 0.2) is 24.8 Å². The van der Waals surface area contributed by atoms with Crippen LogP contribution in [0.4, 0.5) is 0 Å². The van der Waals surface area contributed by atoms with Crippen LogP contribution in [0.3, 0.4) is 0 Å². The molecular formula is C17H27N5O2. The van der Waals surface area contributed by atoms with Gasteiger partial charge < -0.3 is 14.2 Å². The molecule has 1 unspecified atom stereocenters. The summed E-state index contributed by atoms with van der Waals surface area (Å²) in [5, 5.41) is 8.96. The minimum Gasteiger partial charge on any atom is -0.481 e. The smallest absolute Gasteiger partial charge is 0.306 e. The van der Waals surface area contributed by atoms with Crippen molar-refractivity contribution in [3.63, 3.8) is 0 Å². The molecule has 0 spiro atoms. The molecule has 2 heterocycles. The van der Waals surface area contributed by atoms with Gasteiger partial charge in [-0.15, -0.1) is 0 Å². The summed E-state index contributed by atoms with van der Waals surface area (Å²) in [5.74, 6) is 1.04. The first kappa shape index (κ1) is 18.2. The maximum Gasteiger partial charge on any atom is 0.306 e. The number of nitrogens with zero attached hydrogens (tertiary/aromatic N) is 5. The maximum atomic E-state index is 10.9. The summed E-state index contributed by atoms with van der Waals surface area (Å²) in [5.41, 5.74) is 0. The Bertz CT molecular complexity index is 607. The van der Waals surface area contributed by atoms with E-state index in [1.54, 1.807) is 6.92 Å². The van der Waals surface area contributed by atoms with Crippen LogP contribution in [0.2, 0.25) is 0 Å². The molecule has 1 atom stereocenters. The first-order valence-electron chi connectivity index (χ1n) is 8.35. The van der Waals surface area contributed by atoms with Crippen LogP contribution in [0.1, 0.15) is 37.8 Å². The van der Waals surface area contributed by atoms with Gasteiger partial charge in [-0.2, -0.15) is 0 Å². The lowest BCUT2D eigenvalue weighted by Gasteiger charge is -2.22. The van der Waals surface area contributed by atoms with Crippen molar-refractivity contribution in [3.05, 3.63) is 36.4 Å². The van der Waals surface area contributed by atoms with Crippen molar-refractivity contribution in [1.29, 1.82) is 0 Å². The standard InChI is InChI=1S/C17H27N5O2/c1-14(17(23)24)6-4-5-9-22(12-15-18-7-10-20(15)2)13-16-19-8-11-21(16)3/h7-8,10-11,14H,4-6,9,12-13H2,1-3H3,(H,23,24). The number of carbonyl (C=O) groups is 1. The van der Waals surface area contributed by atoms with Gasteiger partial charge in [0.25, 0.3) is 0 Å². The second-order valence-corrected chi connectivity index (χ2v) is 6.35. The summed E-state index contributed by atoms with van der Waals surface area (Å²) in [6, 6.07) is 0. The van der Waals surface area contributed by atoms with E-state index in [9.17, 15) is 4.79 Å². The van der Waals surface area contributed by atoms with E-state index in [4.69, 9.17) is 5.11 Å². The van der Waals surface area contributed by atoms with Crippen LogP contribution in [0, 0.1) is 5.92 Å². The molecule has 132 valence electrons.